The van der Waals surface area contributed by atoms with Gasteiger partial charge in [0.25, 0.3) is 0 Å². The summed E-state index contributed by atoms with van der Waals surface area (Å²) in [6.45, 7) is 6.68. The van der Waals surface area contributed by atoms with E-state index < -0.39 is 0 Å². The summed E-state index contributed by atoms with van der Waals surface area (Å²) < 4.78 is 24.8. The number of esters is 2. The minimum atomic E-state index is -0.185. The van der Waals surface area contributed by atoms with Crippen LogP contribution in [0.4, 0.5) is 4.39 Å². The van der Waals surface area contributed by atoms with Gasteiger partial charge in [-0.25, -0.2) is 4.39 Å². The van der Waals surface area contributed by atoms with Crippen molar-refractivity contribution in [3.8, 4) is 0 Å². The lowest BCUT2D eigenvalue weighted by Gasteiger charge is -2.47. The normalized spacial score (nSPS) is 38.0. The summed E-state index contributed by atoms with van der Waals surface area (Å²) in [5.41, 5.74) is 3.60. The smallest absolute Gasteiger partial charge is 0.309 e. The van der Waals surface area contributed by atoms with Crippen LogP contribution in [0.15, 0.2) is 54.1 Å². The Balaban J connectivity index is 1.18. The van der Waals surface area contributed by atoms with E-state index in [1.807, 2.05) is 13.0 Å². The molecule has 4 fully saturated rings. The highest BCUT2D eigenvalue weighted by molar-refractivity contribution is 5.76. The lowest BCUT2D eigenvalue weighted by molar-refractivity contribution is -0.145. The van der Waals surface area contributed by atoms with Crippen LogP contribution in [0.1, 0.15) is 71.3 Å². The second kappa shape index (κ2) is 11.3. The number of carbonyl (C=O) groups is 2. The monoisotopic (exact) mass is 546 g/mol. The van der Waals surface area contributed by atoms with E-state index in [1.165, 1.54) is 30.1 Å². The first-order valence-electron chi connectivity index (χ1n) is 15.6. The molecule has 5 aliphatic rings. The zero-order valence-corrected chi connectivity index (χ0v) is 24.1. The maximum absolute atomic E-state index is 13.9. The van der Waals surface area contributed by atoms with Crippen LogP contribution in [0.5, 0.6) is 0 Å². The fourth-order valence-corrected chi connectivity index (χ4v) is 8.95. The molecule has 1 saturated heterocycles. The number of benzene rings is 1. The summed E-state index contributed by atoms with van der Waals surface area (Å²) in [4.78, 5) is 24.7. The van der Waals surface area contributed by atoms with Gasteiger partial charge in [0.2, 0.25) is 0 Å². The Morgan fingerprint density at radius 1 is 1.15 bits per heavy atom. The van der Waals surface area contributed by atoms with E-state index in [2.05, 4.69) is 38.2 Å². The number of hydrogen-bond acceptors (Lipinski definition) is 4. The molecule has 1 aromatic rings. The molecule has 0 spiro atoms. The van der Waals surface area contributed by atoms with Crippen LogP contribution in [0.2, 0.25) is 0 Å². The van der Waals surface area contributed by atoms with Crippen LogP contribution in [0.25, 0.3) is 5.57 Å². The Morgan fingerprint density at radius 2 is 2.00 bits per heavy atom. The molecule has 0 N–H and O–H groups in total. The fourth-order valence-electron chi connectivity index (χ4n) is 8.95. The topological polar surface area (TPSA) is 52.6 Å². The van der Waals surface area contributed by atoms with Crippen LogP contribution in [-0.2, 0) is 19.1 Å². The second-order valence-corrected chi connectivity index (χ2v) is 13.0. The van der Waals surface area contributed by atoms with Crippen molar-refractivity contribution in [1.82, 2.24) is 0 Å². The average molecular weight is 547 g/mol. The van der Waals surface area contributed by atoms with Gasteiger partial charge in [-0.05, 0) is 116 Å². The zero-order chi connectivity index (χ0) is 28.0. The predicted molar refractivity (Wildman–Crippen MR) is 153 cm³/mol. The zero-order valence-electron chi connectivity index (χ0n) is 24.1. The third-order valence-electron chi connectivity index (χ3n) is 10.8. The van der Waals surface area contributed by atoms with Crippen LogP contribution < -0.4 is 0 Å². The summed E-state index contributed by atoms with van der Waals surface area (Å²) in [5, 5.41) is 0. The van der Waals surface area contributed by atoms with E-state index in [0.717, 1.165) is 31.2 Å². The fraction of sp³-hybridized carbons (Fsp3) is 0.600. The van der Waals surface area contributed by atoms with Crippen molar-refractivity contribution in [2.24, 2.45) is 53.3 Å². The molecular formula is C35H43FO4. The molecule has 0 bridgehead atoms. The number of ether oxygens (including phenoxy) is 2. The molecule has 3 saturated carbocycles. The van der Waals surface area contributed by atoms with Gasteiger partial charge in [0, 0.05) is 12.3 Å². The Morgan fingerprint density at radius 3 is 2.80 bits per heavy atom. The van der Waals surface area contributed by atoms with Gasteiger partial charge in [-0.1, -0.05) is 49.8 Å². The van der Waals surface area contributed by atoms with Gasteiger partial charge in [0.05, 0.1) is 12.5 Å². The minimum Gasteiger partial charge on any atom is -0.466 e. The second-order valence-electron chi connectivity index (χ2n) is 13.0. The standard InChI is InChI=1S/C35H43FO4/c1-4-39-31(37)10-5-7-22-11-14-27-25(17-22)19-30-34(21(3)40-35(30)38)29(27)16-13-23-12-15-28(33-20(2)32(23)33)24-8-6-9-26(36)18-24/h6,8-9,12-13,15-16,18,20-22,25,27,29-30,32-34H,4-5,7,10-11,14,17,19H2,1-3H3/b16-13+/t20?,21-,22-,25-,27+,29-,30-,32?,33?,34+/m1/s1. The van der Waals surface area contributed by atoms with Crippen molar-refractivity contribution >= 4 is 17.5 Å². The lowest BCUT2D eigenvalue weighted by atomic mass is 9.55. The van der Waals surface area contributed by atoms with Gasteiger partial charge < -0.3 is 9.47 Å². The maximum atomic E-state index is 13.9. The first kappa shape index (κ1) is 27.5. The van der Waals surface area contributed by atoms with E-state index in [-0.39, 0.29) is 35.7 Å². The van der Waals surface area contributed by atoms with Crippen LogP contribution in [0.3, 0.4) is 0 Å². The van der Waals surface area contributed by atoms with Crippen molar-refractivity contribution in [1.29, 1.82) is 0 Å². The number of carbonyl (C=O) groups excluding carboxylic acids is 2. The van der Waals surface area contributed by atoms with Crippen LogP contribution in [0, 0.1) is 59.1 Å². The number of allylic oxidation sites excluding steroid dienone is 6. The first-order chi connectivity index (χ1) is 19.4. The minimum absolute atomic E-state index is 0.00316. The van der Waals surface area contributed by atoms with Crippen molar-refractivity contribution < 1.29 is 23.5 Å². The molecule has 1 heterocycles. The molecule has 0 aromatic heterocycles. The van der Waals surface area contributed by atoms with Gasteiger partial charge in [0.1, 0.15) is 11.9 Å². The van der Waals surface area contributed by atoms with Gasteiger partial charge in [0.15, 0.2) is 0 Å². The van der Waals surface area contributed by atoms with Gasteiger partial charge in [-0.15, -0.1) is 0 Å². The number of cyclic esters (lactones) is 1. The molecule has 4 nitrogen and oxygen atoms in total. The molecule has 40 heavy (non-hydrogen) atoms. The molecule has 1 aliphatic heterocycles. The Bertz CT molecular complexity index is 1230. The van der Waals surface area contributed by atoms with Crippen molar-refractivity contribution in [3.05, 3.63) is 65.5 Å². The Kier molecular flexibility index (Phi) is 7.76. The highest BCUT2D eigenvalue weighted by Gasteiger charge is 2.55. The Labute approximate surface area is 238 Å². The molecule has 6 rings (SSSR count). The SMILES string of the molecule is CCOC(=O)CCC[C@@H]1CC[C@H]2[C@H](C1)C[C@H]1C(=O)O[C@H](C)[C@H]1[C@@H]2/C=C/C1=CC=C(c2cccc(F)c2)C2C(C)C12. The summed E-state index contributed by atoms with van der Waals surface area (Å²) in [6, 6.07) is 6.96. The molecule has 214 valence electrons. The first-order valence-corrected chi connectivity index (χ1v) is 15.6. The lowest BCUT2D eigenvalue weighted by Crippen LogP contribution is -2.44. The van der Waals surface area contributed by atoms with E-state index in [9.17, 15) is 14.0 Å². The third-order valence-corrected chi connectivity index (χ3v) is 10.8. The predicted octanol–water partition coefficient (Wildman–Crippen LogP) is 7.55. The van der Waals surface area contributed by atoms with Gasteiger partial charge in [-0.2, -0.15) is 0 Å². The van der Waals surface area contributed by atoms with E-state index in [0.29, 0.717) is 54.5 Å². The van der Waals surface area contributed by atoms with Gasteiger partial charge in [-0.3, -0.25) is 9.59 Å². The molecule has 0 radical (unpaired) electrons. The Hall–Kier alpha value is -2.69. The highest BCUT2D eigenvalue weighted by atomic mass is 19.1. The summed E-state index contributed by atoms with van der Waals surface area (Å²) in [5.74, 6) is 3.49. The quantitative estimate of drug-likeness (QED) is 0.316. The van der Waals surface area contributed by atoms with E-state index in [1.54, 1.807) is 12.1 Å². The number of hydrogen-bond donors (Lipinski definition) is 0. The molecule has 0 amide bonds. The molecular weight excluding hydrogens is 503 g/mol. The third kappa shape index (κ3) is 5.21. The largest absolute Gasteiger partial charge is 0.466 e. The van der Waals surface area contributed by atoms with Crippen molar-refractivity contribution in [2.45, 2.75) is 71.8 Å². The molecule has 5 heteroatoms. The van der Waals surface area contributed by atoms with Crippen molar-refractivity contribution in [3.63, 3.8) is 0 Å². The van der Waals surface area contributed by atoms with Crippen molar-refractivity contribution in [2.75, 3.05) is 6.61 Å². The molecule has 1 aromatic carbocycles. The highest BCUT2D eigenvalue weighted by Crippen LogP contribution is 2.60. The van der Waals surface area contributed by atoms with E-state index >= 15 is 0 Å². The van der Waals surface area contributed by atoms with E-state index in [4.69, 9.17) is 9.47 Å². The van der Waals surface area contributed by atoms with Gasteiger partial charge >= 0.3 is 11.9 Å². The number of rotatable bonds is 8. The number of fused-ring (bicyclic) bond motifs is 3. The molecule has 4 aliphatic carbocycles. The van der Waals surface area contributed by atoms with Crippen LogP contribution in [-0.4, -0.2) is 24.6 Å². The molecule has 3 unspecified atom stereocenters. The van der Waals surface area contributed by atoms with Crippen LogP contribution >= 0.6 is 0 Å². The number of halogens is 1. The summed E-state index contributed by atoms with van der Waals surface area (Å²) in [7, 11) is 0. The summed E-state index contributed by atoms with van der Waals surface area (Å²) in [6.07, 6.45) is 16.1. The molecule has 10 atom stereocenters. The summed E-state index contributed by atoms with van der Waals surface area (Å²) >= 11 is 0. The average Bonchev–Trinajstić information content (AvgIpc) is 3.52. The maximum Gasteiger partial charge on any atom is 0.309 e.